The molecule has 0 bridgehead atoms. The SMILES string of the molecule is CCN(CCC#N)c1cc(C(=O)OC)ccc1[N+](=O)[O-]. The van der Waals surface area contributed by atoms with Gasteiger partial charge in [-0.05, 0) is 19.1 Å². The fraction of sp³-hybridized carbons (Fsp3) is 0.385. The van der Waals surface area contributed by atoms with Crippen molar-refractivity contribution in [3.63, 3.8) is 0 Å². The number of nitro benzene ring substituents is 1. The average Bonchev–Trinajstić information content (AvgIpc) is 2.46. The minimum atomic E-state index is -0.558. The summed E-state index contributed by atoms with van der Waals surface area (Å²) < 4.78 is 4.61. The molecule has 0 saturated carbocycles. The Kier molecular flexibility index (Phi) is 5.47. The number of rotatable bonds is 6. The van der Waals surface area contributed by atoms with Crippen molar-refractivity contribution in [2.45, 2.75) is 13.3 Å². The molecule has 7 nitrogen and oxygen atoms in total. The standard InChI is InChI=1S/C13H15N3O4/c1-3-15(8-4-7-14)12-9-10(13(17)20-2)5-6-11(12)16(18)19/h5-6,9H,3-4,8H2,1-2H3. The number of hydrogen-bond donors (Lipinski definition) is 0. The number of benzene rings is 1. The molecule has 0 N–H and O–H groups in total. The lowest BCUT2D eigenvalue weighted by Crippen LogP contribution is -2.25. The molecule has 0 atom stereocenters. The zero-order chi connectivity index (χ0) is 15.1. The van der Waals surface area contributed by atoms with Crippen LogP contribution in [0, 0.1) is 21.4 Å². The van der Waals surface area contributed by atoms with Gasteiger partial charge in [-0.3, -0.25) is 10.1 Å². The molecule has 0 aromatic heterocycles. The third-order valence-corrected chi connectivity index (χ3v) is 2.81. The topological polar surface area (TPSA) is 96.5 Å². The molecule has 7 heteroatoms. The predicted octanol–water partition coefficient (Wildman–Crippen LogP) is 2.12. The summed E-state index contributed by atoms with van der Waals surface area (Å²) >= 11 is 0. The van der Waals surface area contributed by atoms with Crippen molar-refractivity contribution >= 4 is 17.3 Å². The van der Waals surface area contributed by atoms with Gasteiger partial charge in [-0.1, -0.05) is 0 Å². The lowest BCUT2D eigenvalue weighted by molar-refractivity contribution is -0.384. The first-order valence-electron chi connectivity index (χ1n) is 6.03. The van der Waals surface area contributed by atoms with Crippen LogP contribution in [-0.4, -0.2) is 31.1 Å². The molecule has 0 heterocycles. The van der Waals surface area contributed by atoms with Gasteiger partial charge in [0, 0.05) is 19.2 Å². The van der Waals surface area contributed by atoms with Crippen LogP contribution < -0.4 is 4.90 Å². The first-order chi connectivity index (χ1) is 9.54. The van der Waals surface area contributed by atoms with E-state index in [1.165, 1.54) is 25.3 Å². The molecule has 0 saturated heterocycles. The normalized spacial score (nSPS) is 9.65. The van der Waals surface area contributed by atoms with E-state index in [1.54, 1.807) is 4.90 Å². The largest absolute Gasteiger partial charge is 0.465 e. The molecular formula is C13H15N3O4. The van der Waals surface area contributed by atoms with Crippen molar-refractivity contribution in [2.75, 3.05) is 25.1 Å². The van der Waals surface area contributed by atoms with Crippen LogP contribution in [0.2, 0.25) is 0 Å². The summed E-state index contributed by atoms with van der Waals surface area (Å²) in [5.74, 6) is -0.558. The molecule has 106 valence electrons. The van der Waals surface area contributed by atoms with E-state index < -0.39 is 10.9 Å². The zero-order valence-electron chi connectivity index (χ0n) is 11.3. The first-order valence-corrected chi connectivity index (χ1v) is 6.03. The van der Waals surface area contributed by atoms with Crippen molar-refractivity contribution in [3.05, 3.63) is 33.9 Å². The van der Waals surface area contributed by atoms with E-state index in [0.717, 1.165) is 0 Å². The quantitative estimate of drug-likeness (QED) is 0.449. The Morgan fingerprint density at radius 1 is 1.55 bits per heavy atom. The van der Waals surface area contributed by atoms with Gasteiger partial charge in [0.15, 0.2) is 0 Å². The molecule has 0 aliphatic carbocycles. The van der Waals surface area contributed by atoms with Crippen LogP contribution >= 0.6 is 0 Å². The summed E-state index contributed by atoms with van der Waals surface area (Å²) in [4.78, 5) is 23.8. The summed E-state index contributed by atoms with van der Waals surface area (Å²) in [5, 5.41) is 19.7. The molecule has 0 aliphatic rings. The molecule has 1 rings (SSSR count). The second-order valence-electron chi connectivity index (χ2n) is 3.94. The van der Waals surface area contributed by atoms with Crippen LogP contribution in [0.15, 0.2) is 18.2 Å². The van der Waals surface area contributed by atoms with Gasteiger partial charge in [0.25, 0.3) is 5.69 Å². The number of nitro groups is 1. The Morgan fingerprint density at radius 3 is 2.75 bits per heavy atom. The van der Waals surface area contributed by atoms with Crippen LogP contribution in [0.1, 0.15) is 23.7 Å². The fourth-order valence-electron chi connectivity index (χ4n) is 1.81. The number of hydrogen-bond acceptors (Lipinski definition) is 6. The first kappa shape index (κ1) is 15.4. The fourth-order valence-corrected chi connectivity index (χ4v) is 1.81. The molecule has 1 aromatic rings. The number of methoxy groups -OCH3 is 1. The van der Waals surface area contributed by atoms with E-state index in [2.05, 4.69) is 4.74 Å². The summed E-state index contributed by atoms with van der Waals surface area (Å²) in [6.45, 7) is 2.68. The Hall–Kier alpha value is -2.62. The molecule has 0 spiro atoms. The number of anilines is 1. The molecule has 0 unspecified atom stereocenters. The van der Waals surface area contributed by atoms with Crippen LogP contribution in [0.4, 0.5) is 11.4 Å². The molecule has 1 aromatic carbocycles. The second kappa shape index (κ2) is 7.09. The third kappa shape index (κ3) is 3.45. The highest BCUT2D eigenvalue weighted by Gasteiger charge is 2.21. The highest BCUT2D eigenvalue weighted by molar-refractivity contribution is 5.91. The van der Waals surface area contributed by atoms with Crippen molar-refractivity contribution in [1.82, 2.24) is 0 Å². The number of nitrogens with zero attached hydrogens (tertiary/aromatic N) is 3. The number of nitriles is 1. The van der Waals surface area contributed by atoms with Gasteiger partial charge < -0.3 is 9.64 Å². The Bertz CT molecular complexity index is 551. The lowest BCUT2D eigenvalue weighted by atomic mass is 10.1. The van der Waals surface area contributed by atoms with E-state index in [4.69, 9.17) is 5.26 Å². The zero-order valence-corrected chi connectivity index (χ0v) is 11.3. The summed E-state index contributed by atoms with van der Waals surface area (Å²) in [6.07, 6.45) is 0.243. The van der Waals surface area contributed by atoms with Gasteiger partial charge in [0.05, 0.1) is 30.1 Å². The molecular weight excluding hydrogens is 262 g/mol. The number of carbonyl (C=O) groups excluding carboxylic acids is 1. The summed E-state index contributed by atoms with van der Waals surface area (Å²) in [7, 11) is 1.25. The minimum Gasteiger partial charge on any atom is -0.465 e. The van der Waals surface area contributed by atoms with Crippen molar-refractivity contribution < 1.29 is 14.5 Å². The molecule has 0 amide bonds. The highest BCUT2D eigenvalue weighted by Crippen LogP contribution is 2.29. The van der Waals surface area contributed by atoms with Crippen molar-refractivity contribution in [2.24, 2.45) is 0 Å². The summed E-state index contributed by atoms with van der Waals surface area (Å²) in [6, 6.07) is 6.05. The molecule has 0 radical (unpaired) electrons. The van der Waals surface area contributed by atoms with Gasteiger partial charge in [-0.15, -0.1) is 0 Å². The Labute approximate surface area is 116 Å². The maximum absolute atomic E-state index is 11.5. The number of esters is 1. The smallest absolute Gasteiger partial charge is 0.337 e. The van der Waals surface area contributed by atoms with Gasteiger partial charge in [-0.2, -0.15) is 5.26 Å². The minimum absolute atomic E-state index is 0.0996. The van der Waals surface area contributed by atoms with Gasteiger partial charge in [0.2, 0.25) is 0 Å². The average molecular weight is 277 g/mol. The maximum atomic E-state index is 11.5. The molecule has 20 heavy (non-hydrogen) atoms. The summed E-state index contributed by atoms with van der Waals surface area (Å²) in [5.41, 5.74) is 0.455. The van der Waals surface area contributed by atoms with Crippen LogP contribution in [0.5, 0.6) is 0 Å². The Morgan fingerprint density at radius 2 is 2.25 bits per heavy atom. The van der Waals surface area contributed by atoms with Crippen molar-refractivity contribution in [3.8, 4) is 6.07 Å². The van der Waals surface area contributed by atoms with E-state index in [-0.39, 0.29) is 17.7 Å². The second-order valence-corrected chi connectivity index (χ2v) is 3.94. The van der Waals surface area contributed by atoms with Crippen LogP contribution in [0.3, 0.4) is 0 Å². The predicted molar refractivity (Wildman–Crippen MR) is 72.6 cm³/mol. The van der Waals surface area contributed by atoms with Crippen molar-refractivity contribution in [1.29, 1.82) is 5.26 Å². The number of ether oxygens (including phenoxy) is 1. The van der Waals surface area contributed by atoms with Gasteiger partial charge in [0.1, 0.15) is 5.69 Å². The Balaban J connectivity index is 3.26. The van der Waals surface area contributed by atoms with E-state index >= 15 is 0 Å². The monoisotopic (exact) mass is 277 g/mol. The highest BCUT2D eigenvalue weighted by atomic mass is 16.6. The van der Waals surface area contributed by atoms with E-state index in [9.17, 15) is 14.9 Å². The number of carbonyl (C=O) groups is 1. The maximum Gasteiger partial charge on any atom is 0.337 e. The lowest BCUT2D eigenvalue weighted by Gasteiger charge is -2.21. The molecule has 0 fully saturated rings. The van der Waals surface area contributed by atoms with Gasteiger partial charge in [-0.25, -0.2) is 4.79 Å². The van der Waals surface area contributed by atoms with Crippen LogP contribution in [-0.2, 0) is 4.74 Å². The third-order valence-electron chi connectivity index (χ3n) is 2.81. The molecule has 0 aliphatic heterocycles. The van der Waals surface area contributed by atoms with E-state index in [1.807, 2.05) is 13.0 Å². The van der Waals surface area contributed by atoms with Crippen LogP contribution in [0.25, 0.3) is 0 Å². The van der Waals surface area contributed by atoms with E-state index in [0.29, 0.717) is 18.8 Å². The van der Waals surface area contributed by atoms with Gasteiger partial charge >= 0.3 is 5.97 Å².